The number of aliphatic carboxylic acids is 1. The normalized spacial score (nSPS) is 13.0. The molecule has 2 atom stereocenters. The largest absolute Gasteiger partial charge is 0.480 e. The molecular weight excluding hydrogens is 661 g/mol. The fourth-order valence-electron chi connectivity index (χ4n) is 6.51. The highest BCUT2D eigenvalue weighted by Gasteiger charge is 2.19. The van der Waals surface area contributed by atoms with Crippen molar-refractivity contribution in [3.63, 3.8) is 0 Å². The molecule has 0 bridgehead atoms. The number of esters is 1. The minimum atomic E-state index is -1.02. The van der Waals surface area contributed by atoms with Crippen molar-refractivity contribution in [2.45, 2.75) is 231 Å². The van der Waals surface area contributed by atoms with Gasteiger partial charge in [0, 0.05) is 12.8 Å². The number of carbonyl (C=O) groups is 3. The number of hydrogen-bond acceptors (Lipinski definition) is 5. The molecular formula is C46H84N2O5. The van der Waals surface area contributed by atoms with E-state index < -0.39 is 12.0 Å². The first-order valence-electron chi connectivity index (χ1n) is 22.3. The van der Waals surface area contributed by atoms with Gasteiger partial charge >= 0.3 is 11.9 Å². The van der Waals surface area contributed by atoms with E-state index in [1.165, 1.54) is 122 Å². The standard InChI is InChI=1S/C46H84N2O5/c1-3-5-7-9-11-13-14-15-16-17-18-19-20-21-22-24-26-28-34-40-45(50)53-42(36-31-27-25-23-12-10-8-6-4-2)37-32-29-30-33-39-44(49)48-43(46(51)52)38-35-41-47/h15-16,23,25,31,36,42-43H,3-14,17-22,24,26-30,32-35,37-41,47H2,1-2H3,(H,48,49)(H,51,52)/b16-15-,25-23-,36-31-. The number of carboxylic acid groups (broad SMARTS) is 1. The predicted molar refractivity (Wildman–Crippen MR) is 225 cm³/mol. The van der Waals surface area contributed by atoms with E-state index in [9.17, 15) is 19.5 Å². The molecule has 0 rings (SSSR count). The van der Waals surface area contributed by atoms with Gasteiger partial charge in [0.2, 0.25) is 5.91 Å². The number of carbonyl (C=O) groups excluding carboxylic acids is 2. The molecule has 0 saturated carbocycles. The van der Waals surface area contributed by atoms with Gasteiger partial charge in [-0.3, -0.25) is 9.59 Å². The molecule has 0 spiro atoms. The highest BCUT2D eigenvalue weighted by atomic mass is 16.5. The molecule has 0 aliphatic carbocycles. The minimum absolute atomic E-state index is 0.105. The molecule has 0 aromatic rings. The van der Waals surface area contributed by atoms with Gasteiger partial charge in [-0.25, -0.2) is 4.79 Å². The van der Waals surface area contributed by atoms with E-state index in [4.69, 9.17) is 10.5 Å². The van der Waals surface area contributed by atoms with E-state index in [1.54, 1.807) is 0 Å². The van der Waals surface area contributed by atoms with E-state index in [0.717, 1.165) is 51.4 Å². The maximum Gasteiger partial charge on any atom is 0.326 e. The summed E-state index contributed by atoms with van der Waals surface area (Å²) < 4.78 is 5.92. The number of carboxylic acids is 1. The fourth-order valence-corrected chi connectivity index (χ4v) is 6.51. The van der Waals surface area contributed by atoms with E-state index in [-0.39, 0.29) is 18.0 Å². The van der Waals surface area contributed by atoms with Crippen molar-refractivity contribution in [2.75, 3.05) is 6.54 Å². The zero-order valence-electron chi connectivity index (χ0n) is 34.6. The lowest BCUT2D eigenvalue weighted by Crippen LogP contribution is -2.40. The third-order valence-corrected chi connectivity index (χ3v) is 9.91. The van der Waals surface area contributed by atoms with Gasteiger partial charge in [0.25, 0.3) is 0 Å². The number of allylic oxidation sites excluding steroid dienone is 5. The lowest BCUT2D eigenvalue weighted by Gasteiger charge is -2.15. The zero-order chi connectivity index (χ0) is 38.9. The average Bonchev–Trinajstić information content (AvgIpc) is 3.14. The van der Waals surface area contributed by atoms with Crippen LogP contribution in [0.1, 0.15) is 219 Å². The van der Waals surface area contributed by atoms with Crippen molar-refractivity contribution >= 4 is 17.8 Å². The van der Waals surface area contributed by atoms with Crippen molar-refractivity contribution in [3.8, 4) is 0 Å². The molecule has 7 heteroatoms. The molecule has 0 fully saturated rings. The van der Waals surface area contributed by atoms with Crippen molar-refractivity contribution in [3.05, 3.63) is 36.5 Å². The molecule has 0 aromatic carbocycles. The second-order valence-corrected chi connectivity index (χ2v) is 15.1. The number of ether oxygens (including phenoxy) is 1. The number of nitrogens with two attached hydrogens (primary N) is 1. The summed E-state index contributed by atoms with van der Waals surface area (Å²) in [6.07, 6.45) is 47.8. The smallest absolute Gasteiger partial charge is 0.326 e. The first-order chi connectivity index (χ1) is 25.9. The molecule has 0 aliphatic rings. The Labute approximate surface area is 326 Å². The van der Waals surface area contributed by atoms with Crippen LogP contribution in [-0.2, 0) is 19.1 Å². The summed E-state index contributed by atoms with van der Waals surface area (Å²) in [5, 5.41) is 11.9. The van der Waals surface area contributed by atoms with Gasteiger partial charge < -0.3 is 20.9 Å². The quantitative estimate of drug-likeness (QED) is 0.0326. The van der Waals surface area contributed by atoms with E-state index in [0.29, 0.717) is 38.6 Å². The van der Waals surface area contributed by atoms with E-state index in [1.807, 2.05) is 6.08 Å². The summed E-state index contributed by atoms with van der Waals surface area (Å²) in [5.74, 6) is -1.35. The van der Waals surface area contributed by atoms with Gasteiger partial charge in [-0.15, -0.1) is 0 Å². The number of nitrogens with one attached hydrogen (secondary N) is 1. The SMILES string of the molecule is CCCCCC/C=C\C/C=C\C(CCCCCCC(=O)NC(CCCN)C(=O)O)OC(=O)CCCCCCCCCCC/C=C\CCCCCCCC. The molecule has 53 heavy (non-hydrogen) atoms. The molecule has 1 amide bonds. The Bertz CT molecular complexity index is 931. The number of unbranched alkanes of at least 4 members (excludes halogenated alkanes) is 22. The molecule has 0 aliphatic heterocycles. The first kappa shape index (κ1) is 50.6. The summed E-state index contributed by atoms with van der Waals surface area (Å²) in [5.41, 5.74) is 5.48. The van der Waals surface area contributed by atoms with E-state index >= 15 is 0 Å². The lowest BCUT2D eigenvalue weighted by molar-refractivity contribution is -0.147. The Hall–Kier alpha value is -2.41. The predicted octanol–water partition coefficient (Wildman–Crippen LogP) is 12.6. The summed E-state index contributed by atoms with van der Waals surface area (Å²) in [6, 6.07) is -0.874. The Morgan fingerprint density at radius 1 is 0.566 bits per heavy atom. The Morgan fingerprint density at radius 2 is 1.04 bits per heavy atom. The summed E-state index contributed by atoms with van der Waals surface area (Å²) in [6.45, 7) is 4.91. The number of hydrogen-bond donors (Lipinski definition) is 3. The summed E-state index contributed by atoms with van der Waals surface area (Å²) in [4.78, 5) is 36.3. The molecule has 0 heterocycles. The molecule has 308 valence electrons. The molecule has 4 N–H and O–H groups in total. The van der Waals surface area contributed by atoms with Crippen LogP contribution in [0.3, 0.4) is 0 Å². The molecule has 2 unspecified atom stereocenters. The molecule has 7 nitrogen and oxygen atoms in total. The highest BCUT2D eigenvalue weighted by molar-refractivity contribution is 5.83. The highest BCUT2D eigenvalue weighted by Crippen LogP contribution is 2.16. The van der Waals surface area contributed by atoms with Gasteiger partial charge in [0.1, 0.15) is 12.1 Å². The topological polar surface area (TPSA) is 119 Å². The Kier molecular flexibility index (Phi) is 38.9. The van der Waals surface area contributed by atoms with Crippen LogP contribution in [-0.4, -0.2) is 41.6 Å². The minimum Gasteiger partial charge on any atom is -0.480 e. The van der Waals surface area contributed by atoms with Crippen LogP contribution in [0.15, 0.2) is 36.5 Å². The second-order valence-electron chi connectivity index (χ2n) is 15.1. The lowest BCUT2D eigenvalue weighted by atomic mass is 10.1. The van der Waals surface area contributed by atoms with E-state index in [2.05, 4.69) is 49.5 Å². The van der Waals surface area contributed by atoms with Crippen molar-refractivity contribution < 1.29 is 24.2 Å². The van der Waals surface area contributed by atoms with Gasteiger partial charge in [-0.2, -0.15) is 0 Å². The number of rotatable bonds is 40. The zero-order valence-corrected chi connectivity index (χ0v) is 34.6. The van der Waals surface area contributed by atoms with Crippen LogP contribution >= 0.6 is 0 Å². The monoisotopic (exact) mass is 745 g/mol. The summed E-state index contributed by atoms with van der Waals surface area (Å²) in [7, 11) is 0. The maximum absolute atomic E-state index is 12.7. The molecule has 0 radical (unpaired) electrons. The number of amides is 1. The van der Waals surface area contributed by atoms with Gasteiger partial charge in [-0.1, -0.05) is 153 Å². The molecule has 0 aromatic heterocycles. The van der Waals surface area contributed by atoms with Crippen LogP contribution in [0.2, 0.25) is 0 Å². The van der Waals surface area contributed by atoms with Crippen LogP contribution in [0, 0.1) is 0 Å². The van der Waals surface area contributed by atoms with Crippen LogP contribution in [0.5, 0.6) is 0 Å². The molecule has 0 saturated heterocycles. The third kappa shape index (κ3) is 37.7. The fraction of sp³-hybridized carbons (Fsp3) is 0.804. The Morgan fingerprint density at radius 3 is 1.58 bits per heavy atom. The van der Waals surface area contributed by atoms with Gasteiger partial charge in [0.05, 0.1) is 0 Å². The first-order valence-corrected chi connectivity index (χ1v) is 22.3. The van der Waals surface area contributed by atoms with Crippen LogP contribution in [0.4, 0.5) is 0 Å². The van der Waals surface area contributed by atoms with Gasteiger partial charge in [-0.05, 0) is 96.1 Å². The van der Waals surface area contributed by atoms with Gasteiger partial charge in [0.15, 0.2) is 0 Å². The van der Waals surface area contributed by atoms with Crippen molar-refractivity contribution in [1.29, 1.82) is 0 Å². The Balaban J connectivity index is 4.25. The van der Waals surface area contributed by atoms with Crippen LogP contribution in [0.25, 0.3) is 0 Å². The third-order valence-electron chi connectivity index (χ3n) is 9.91. The van der Waals surface area contributed by atoms with Crippen LogP contribution < -0.4 is 11.1 Å². The second kappa shape index (κ2) is 40.8. The van der Waals surface area contributed by atoms with Crippen molar-refractivity contribution in [2.24, 2.45) is 5.73 Å². The average molecular weight is 745 g/mol. The maximum atomic E-state index is 12.7. The van der Waals surface area contributed by atoms with Crippen molar-refractivity contribution in [1.82, 2.24) is 5.32 Å². The summed E-state index contributed by atoms with van der Waals surface area (Å²) >= 11 is 0.